The zero-order valence-corrected chi connectivity index (χ0v) is 16.6. The first kappa shape index (κ1) is 19.8. The van der Waals surface area contributed by atoms with Gasteiger partial charge in [-0.3, -0.25) is 14.6 Å². The summed E-state index contributed by atoms with van der Waals surface area (Å²) in [6.07, 6.45) is 2.64. The van der Waals surface area contributed by atoms with Crippen molar-refractivity contribution in [2.75, 3.05) is 11.1 Å². The second-order valence-corrected chi connectivity index (χ2v) is 7.09. The van der Waals surface area contributed by atoms with Crippen molar-refractivity contribution in [2.45, 2.75) is 32.0 Å². The van der Waals surface area contributed by atoms with E-state index in [9.17, 15) is 9.59 Å². The lowest BCUT2D eigenvalue weighted by Gasteiger charge is -2.09. The number of hydrogen-bond donors (Lipinski definition) is 1. The van der Waals surface area contributed by atoms with Crippen LogP contribution in [0.5, 0.6) is 0 Å². The van der Waals surface area contributed by atoms with E-state index in [2.05, 4.69) is 27.4 Å². The fourth-order valence-corrected chi connectivity index (χ4v) is 3.39. The molecule has 0 fully saturated rings. The molecule has 2 aromatic heterocycles. The van der Waals surface area contributed by atoms with Crippen molar-refractivity contribution in [1.29, 1.82) is 0 Å². The van der Waals surface area contributed by atoms with Crippen LogP contribution >= 0.6 is 11.8 Å². The number of ketones is 1. The average Bonchev–Trinajstić information content (AvgIpc) is 3.10. The molecule has 0 aliphatic heterocycles. The molecule has 7 nitrogen and oxygen atoms in total. The Labute approximate surface area is 167 Å². The molecule has 0 aliphatic carbocycles. The van der Waals surface area contributed by atoms with E-state index in [0.29, 0.717) is 22.2 Å². The van der Waals surface area contributed by atoms with Crippen LogP contribution in [0.3, 0.4) is 0 Å². The maximum Gasteiger partial charge on any atom is 0.234 e. The zero-order chi connectivity index (χ0) is 19.9. The fourth-order valence-electron chi connectivity index (χ4n) is 2.62. The van der Waals surface area contributed by atoms with Gasteiger partial charge in [-0.1, -0.05) is 24.8 Å². The molecular weight excluding hydrogens is 374 g/mol. The van der Waals surface area contributed by atoms with E-state index < -0.39 is 0 Å². The first-order chi connectivity index (χ1) is 13.6. The van der Waals surface area contributed by atoms with Crippen LogP contribution < -0.4 is 5.32 Å². The molecule has 3 rings (SSSR count). The monoisotopic (exact) mass is 395 g/mol. The summed E-state index contributed by atoms with van der Waals surface area (Å²) in [5, 5.41) is 12.0. The van der Waals surface area contributed by atoms with Gasteiger partial charge >= 0.3 is 0 Å². The third-order valence-corrected chi connectivity index (χ3v) is 4.93. The van der Waals surface area contributed by atoms with Gasteiger partial charge in [0.25, 0.3) is 0 Å². The minimum Gasteiger partial charge on any atom is -0.325 e. The van der Waals surface area contributed by atoms with Crippen LogP contribution in [-0.4, -0.2) is 37.2 Å². The number of carbonyl (C=O) groups is 2. The molecule has 0 atom stereocenters. The number of anilines is 1. The second kappa shape index (κ2) is 9.27. The van der Waals surface area contributed by atoms with Gasteiger partial charge in [-0.2, -0.15) is 0 Å². The van der Waals surface area contributed by atoms with Gasteiger partial charge in [-0.05, 0) is 49.7 Å². The third kappa shape index (κ3) is 4.83. The number of amides is 1. The number of aromatic nitrogens is 4. The smallest absolute Gasteiger partial charge is 0.234 e. The van der Waals surface area contributed by atoms with Crippen LogP contribution in [0.4, 0.5) is 5.69 Å². The van der Waals surface area contributed by atoms with Gasteiger partial charge in [-0.15, -0.1) is 10.2 Å². The Bertz CT molecular complexity index is 954. The van der Waals surface area contributed by atoms with Gasteiger partial charge in [0.15, 0.2) is 16.8 Å². The van der Waals surface area contributed by atoms with Crippen molar-refractivity contribution >= 4 is 29.1 Å². The number of carbonyl (C=O) groups excluding carboxylic acids is 2. The molecule has 144 valence electrons. The van der Waals surface area contributed by atoms with Crippen LogP contribution in [0.2, 0.25) is 0 Å². The molecule has 2 heterocycles. The molecule has 0 aliphatic rings. The normalized spacial score (nSPS) is 10.6. The Hall–Kier alpha value is -3.00. The summed E-state index contributed by atoms with van der Waals surface area (Å²) < 4.78 is 1.99. The van der Waals surface area contributed by atoms with Crippen molar-refractivity contribution < 1.29 is 9.59 Å². The van der Waals surface area contributed by atoms with E-state index in [0.717, 1.165) is 18.7 Å². The lowest BCUT2D eigenvalue weighted by atomic mass is 10.1. The molecule has 1 amide bonds. The number of thioether (sulfide) groups is 1. The van der Waals surface area contributed by atoms with Crippen molar-refractivity contribution in [1.82, 2.24) is 19.7 Å². The molecule has 0 saturated heterocycles. The predicted octanol–water partition coefficient (Wildman–Crippen LogP) is 3.68. The summed E-state index contributed by atoms with van der Waals surface area (Å²) in [6, 6.07) is 12.5. The van der Waals surface area contributed by atoms with E-state index in [4.69, 9.17) is 0 Å². The number of Topliss-reactive ketones (excluding diaryl/α,β-unsaturated/α-hetero) is 1. The van der Waals surface area contributed by atoms with Crippen LogP contribution in [0.15, 0.2) is 53.8 Å². The van der Waals surface area contributed by atoms with E-state index >= 15 is 0 Å². The first-order valence-electron chi connectivity index (χ1n) is 8.96. The molecule has 0 bridgehead atoms. The summed E-state index contributed by atoms with van der Waals surface area (Å²) >= 11 is 1.33. The maximum atomic E-state index is 12.3. The largest absolute Gasteiger partial charge is 0.325 e. The average molecular weight is 395 g/mol. The van der Waals surface area contributed by atoms with Gasteiger partial charge in [0, 0.05) is 24.0 Å². The number of hydrogen-bond acceptors (Lipinski definition) is 6. The number of nitrogens with zero attached hydrogens (tertiary/aromatic N) is 4. The highest BCUT2D eigenvalue weighted by molar-refractivity contribution is 7.99. The van der Waals surface area contributed by atoms with Gasteiger partial charge in [-0.25, -0.2) is 0 Å². The standard InChI is InChI=1S/C20H21N5O2S/c1-3-12-25-19(17-6-4-5-11-21-17)23-24-20(25)28-13-18(27)22-16-9-7-15(8-10-16)14(2)26/h4-11H,3,12-13H2,1-2H3,(H,22,27). The molecule has 0 unspecified atom stereocenters. The highest BCUT2D eigenvalue weighted by Gasteiger charge is 2.16. The Kier molecular flexibility index (Phi) is 6.54. The number of benzene rings is 1. The maximum absolute atomic E-state index is 12.3. The molecule has 28 heavy (non-hydrogen) atoms. The zero-order valence-electron chi connectivity index (χ0n) is 15.8. The molecule has 0 saturated carbocycles. The molecule has 0 spiro atoms. The minimum absolute atomic E-state index is 0.00703. The lowest BCUT2D eigenvalue weighted by molar-refractivity contribution is -0.113. The van der Waals surface area contributed by atoms with Crippen LogP contribution in [0.1, 0.15) is 30.6 Å². The van der Waals surface area contributed by atoms with Crippen LogP contribution in [0, 0.1) is 0 Å². The molecule has 3 aromatic rings. The predicted molar refractivity (Wildman–Crippen MR) is 109 cm³/mol. The molecule has 1 N–H and O–H groups in total. The van der Waals surface area contributed by atoms with Crippen LogP contribution in [0.25, 0.3) is 11.5 Å². The molecule has 0 radical (unpaired) electrons. The number of rotatable bonds is 8. The Morgan fingerprint density at radius 3 is 2.54 bits per heavy atom. The van der Waals surface area contributed by atoms with Gasteiger partial charge in [0.2, 0.25) is 5.91 Å². The van der Waals surface area contributed by atoms with Gasteiger partial charge < -0.3 is 9.88 Å². The molecular formula is C20H21N5O2S. The van der Waals surface area contributed by atoms with E-state index in [1.54, 1.807) is 30.5 Å². The number of nitrogens with one attached hydrogen (secondary N) is 1. The third-order valence-electron chi connectivity index (χ3n) is 3.97. The highest BCUT2D eigenvalue weighted by atomic mass is 32.2. The van der Waals surface area contributed by atoms with Crippen LogP contribution in [-0.2, 0) is 11.3 Å². The summed E-state index contributed by atoms with van der Waals surface area (Å²) in [4.78, 5) is 27.9. The highest BCUT2D eigenvalue weighted by Crippen LogP contribution is 2.23. The molecule has 8 heteroatoms. The SMILES string of the molecule is CCCn1c(SCC(=O)Nc2ccc(C(C)=O)cc2)nnc1-c1ccccn1. The minimum atomic E-state index is -0.147. The fraction of sp³-hybridized carbons (Fsp3) is 0.250. The van der Waals surface area contributed by atoms with Crippen molar-refractivity contribution in [3.05, 3.63) is 54.2 Å². The number of pyridine rings is 1. The second-order valence-electron chi connectivity index (χ2n) is 6.14. The molecule has 1 aromatic carbocycles. The van der Waals surface area contributed by atoms with Crippen molar-refractivity contribution in [3.8, 4) is 11.5 Å². The lowest BCUT2D eigenvalue weighted by Crippen LogP contribution is -2.14. The van der Waals surface area contributed by atoms with E-state index in [1.165, 1.54) is 18.7 Å². The first-order valence-corrected chi connectivity index (χ1v) is 9.95. The topological polar surface area (TPSA) is 89.8 Å². The van der Waals surface area contributed by atoms with Gasteiger partial charge in [0.1, 0.15) is 5.69 Å². The Morgan fingerprint density at radius 2 is 1.89 bits per heavy atom. The van der Waals surface area contributed by atoms with E-state index in [-0.39, 0.29) is 17.4 Å². The van der Waals surface area contributed by atoms with Crippen molar-refractivity contribution in [3.63, 3.8) is 0 Å². The summed E-state index contributed by atoms with van der Waals surface area (Å²) in [6.45, 7) is 4.33. The summed E-state index contributed by atoms with van der Waals surface area (Å²) in [5.41, 5.74) is 2.02. The van der Waals surface area contributed by atoms with Gasteiger partial charge in [0.05, 0.1) is 5.75 Å². The Balaban J connectivity index is 1.66. The summed E-state index contributed by atoms with van der Waals surface area (Å²) in [7, 11) is 0. The Morgan fingerprint density at radius 1 is 1.11 bits per heavy atom. The quantitative estimate of drug-likeness (QED) is 0.462. The van der Waals surface area contributed by atoms with Crippen molar-refractivity contribution in [2.24, 2.45) is 0 Å². The van der Waals surface area contributed by atoms with E-state index in [1.807, 2.05) is 22.8 Å². The summed E-state index contributed by atoms with van der Waals surface area (Å²) in [5.74, 6) is 0.752.